The van der Waals surface area contributed by atoms with E-state index in [2.05, 4.69) is 20.9 Å². The van der Waals surface area contributed by atoms with E-state index in [1.165, 1.54) is 12.8 Å². The van der Waals surface area contributed by atoms with Crippen molar-refractivity contribution in [3.8, 4) is 11.3 Å². The van der Waals surface area contributed by atoms with Crippen molar-refractivity contribution < 1.29 is 0 Å². The third-order valence-electron chi connectivity index (χ3n) is 2.96. The number of imidazole rings is 1. The van der Waals surface area contributed by atoms with Crippen molar-refractivity contribution in [2.45, 2.75) is 18.9 Å². The van der Waals surface area contributed by atoms with Crippen LogP contribution in [0.15, 0.2) is 29.0 Å². The van der Waals surface area contributed by atoms with Gasteiger partial charge in [0.25, 0.3) is 0 Å². The van der Waals surface area contributed by atoms with Crippen LogP contribution in [0.1, 0.15) is 18.9 Å². The summed E-state index contributed by atoms with van der Waals surface area (Å²) in [6.07, 6.45) is 4.18. The highest BCUT2D eigenvalue weighted by molar-refractivity contribution is 9.10. The molecule has 5 heteroatoms. The zero-order valence-corrected chi connectivity index (χ0v) is 11.4. The normalized spacial score (nSPS) is 15.2. The summed E-state index contributed by atoms with van der Waals surface area (Å²) < 4.78 is 3.00. The van der Waals surface area contributed by atoms with Gasteiger partial charge in [-0.1, -0.05) is 27.5 Å². The third kappa shape index (κ3) is 1.96. The summed E-state index contributed by atoms with van der Waals surface area (Å²) in [5, 5.41) is 0.668. The average molecular weight is 313 g/mol. The number of aromatic nitrogens is 2. The number of rotatable bonds is 2. The number of hydrogen-bond donors (Lipinski definition) is 1. The van der Waals surface area contributed by atoms with Crippen LogP contribution in [0.3, 0.4) is 0 Å². The number of anilines is 1. The number of hydrogen-bond acceptors (Lipinski definition) is 2. The van der Waals surface area contributed by atoms with Crippen LogP contribution in [0, 0.1) is 0 Å². The smallest absolute Gasteiger partial charge is 0.131 e. The van der Waals surface area contributed by atoms with Gasteiger partial charge in [-0.2, -0.15) is 0 Å². The Bertz CT molecular complexity index is 575. The highest BCUT2D eigenvalue weighted by Crippen LogP contribution is 2.40. The SMILES string of the molecule is Nc1c(-c2cc(Br)ccc2Cl)ncn1C1CC1. The van der Waals surface area contributed by atoms with Gasteiger partial charge in [-0.15, -0.1) is 0 Å². The van der Waals surface area contributed by atoms with E-state index in [0.29, 0.717) is 16.9 Å². The van der Waals surface area contributed by atoms with Gasteiger partial charge >= 0.3 is 0 Å². The van der Waals surface area contributed by atoms with Crippen LogP contribution in [-0.4, -0.2) is 9.55 Å². The van der Waals surface area contributed by atoms with Crippen molar-refractivity contribution in [3.63, 3.8) is 0 Å². The molecule has 17 heavy (non-hydrogen) atoms. The lowest BCUT2D eigenvalue weighted by Gasteiger charge is -2.05. The summed E-state index contributed by atoms with van der Waals surface area (Å²) in [7, 11) is 0. The summed E-state index contributed by atoms with van der Waals surface area (Å²) in [5.41, 5.74) is 7.76. The van der Waals surface area contributed by atoms with Crippen LogP contribution < -0.4 is 5.73 Å². The van der Waals surface area contributed by atoms with E-state index in [0.717, 1.165) is 15.7 Å². The molecule has 1 saturated carbocycles. The molecule has 1 aliphatic carbocycles. The fraction of sp³-hybridized carbons (Fsp3) is 0.250. The molecule has 3 rings (SSSR count). The van der Waals surface area contributed by atoms with Crippen molar-refractivity contribution >= 4 is 33.3 Å². The Kier molecular flexibility index (Phi) is 2.64. The molecule has 2 N–H and O–H groups in total. The number of nitrogens with two attached hydrogens (primary N) is 1. The molecule has 0 bridgehead atoms. The van der Waals surface area contributed by atoms with Gasteiger partial charge in [0, 0.05) is 16.1 Å². The molecule has 0 aliphatic heterocycles. The fourth-order valence-corrected chi connectivity index (χ4v) is 2.47. The first-order valence-corrected chi connectivity index (χ1v) is 6.61. The van der Waals surface area contributed by atoms with Crippen molar-refractivity contribution in [3.05, 3.63) is 34.0 Å². The van der Waals surface area contributed by atoms with E-state index in [1.807, 2.05) is 22.8 Å². The first-order chi connectivity index (χ1) is 8.16. The van der Waals surface area contributed by atoms with Gasteiger partial charge in [-0.05, 0) is 31.0 Å². The predicted molar refractivity (Wildman–Crippen MR) is 73.1 cm³/mol. The van der Waals surface area contributed by atoms with Crippen LogP contribution in [0.25, 0.3) is 11.3 Å². The second kappa shape index (κ2) is 4.03. The van der Waals surface area contributed by atoms with Crippen LogP contribution >= 0.6 is 27.5 Å². The van der Waals surface area contributed by atoms with E-state index in [9.17, 15) is 0 Å². The Hall–Kier alpha value is -1.00. The molecule has 0 atom stereocenters. The fourth-order valence-electron chi connectivity index (χ4n) is 1.90. The van der Waals surface area contributed by atoms with Gasteiger partial charge in [-0.3, -0.25) is 0 Å². The summed E-state index contributed by atoms with van der Waals surface area (Å²) in [6.45, 7) is 0. The molecule has 3 nitrogen and oxygen atoms in total. The van der Waals surface area contributed by atoms with Crippen LogP contribution in [0.2, 0.25) is 5.02 Å². The number of nitrogen functional groups attached to an aromatic ring is 1. The predicted octanol–water partition coefficient (Wildman–Crippen LogP) is 3.88. The van der Waals surface area contributed by atoms with E-state index >= 15 is 0 Å². The van der Waals surface area contributed by atoms with Crippen molar-refractivity contribution in [2.24, 2.45) is 0 Å². The van der Waals surface area contributed by atoms with Crippen LogP contribution in [0.4, 0.5) is 5.82 Å². The topological polar surface area (TPSA) is 43.8 Å². The Labute approximate surface area is 113 Å². The van der Waals surface area contributed by atoms with E-state index in [1.54, 1.807) is 6.33 Å². The Morgan fingerprint density at radius 1 is 1.41 bits per heavy atom. The van der Waals surface area contributed by atoms with Gasteiger partial charge in [0.1, 0.15) is 11.5 Å². The molecular weight excluding hydrogens is 302 g/mol. The number of halogens is 2. The largest absolute Gasteiger partial charge is 0.383 e. The Morgan fingerprint density at radius 3 is 2.88 bits per heavy atom. The van der Waals surface area contributed by atoms with Gasteiger partial charge in [0.15, 0.2) is 0 Å². The van der Waals surface area contributed by atoms with Crippen LogP contribution in [0.5, 0.6) is 0 Å². The lowest BCUT2D eigenvalue weighted by atomic mass is 10.1. The standard InChI is InChI=1S/C12H11BrClN3/c13-7-1-4-10(14)9(5-7)11-12(15)17(6-16-11)8-2-3-8/h1,4-6,8H,2-3,15H2. The van der Waals surface area contributed by atoms with E-state index in [-0.39, 0.29) is 0 Å². The van der Waals surface area contributed by atoms with Crippen molar-refractivity contribution in [1.82, 2.24) is 9.55 Å². The minimum absolute atomic E-state index is 0.530. The summed E-state index contributed by atoms with van der Waals surface area (Å²) in [4.78, 5) is 4.38. The minimum Gasteiger partial charge on any atom is -0.383 e. The maximum absolute atomic E-state index is 6.18. The zero-order valence-electron chi connectivity index (χ0n) is 9.03. The monoisotopic (exact) mass is 311 g/mol. The molecule has 0 amide bonds. The molecule has 1 aromatic carbocycles. The average Bonchev–Trinajstić information content (AvgIpc) is 3.07. The molecular formula is C12H11BrClN3. The highest BCUT2D eigenvalue weighted by Gasteiger charge is 2.26. The first-order valence-electron chi connectivity index (χ1n) is 5.44. The molecule has 1 aliphatic rings. The minimum atomic E-state index is 0.530. The van der Waals surface area contributed by atoms with Gasteiger partial charge < -0.3 is 10.3 Å². The zero-order chi connectivity index (χ0) is 12.0. The Morgan fingerprint density at radius 2 is 2.18 bits per heavy atom. The highest BCUT2D eigenvalue weighted by atomic mass is 79.9. The van der Waals surface area contributed by atoms with Crippen LogP contribution in [-0.2, 0) is 0 Å². The van der Waals surface area contributed by atoms with Crippen molar-refractivity contribution in [2.75, 3.05) is 5.73 Å². The quantitative estimate of drug-likeness (QED) is 0.914. The molecule has 0 saturated heterocycles. The summed E-state index contributed by atoms with van der Waals surface area (Å²) in [6, 6.07) is 6.22. The third-order valence-corrected chi connectivity index (χ3v) is 3.78. The van der Waals surface area contributed by atoms with Crippen molar-refractivity contribution in [1.29, 1.82) is 0 Å². The second-order valence-corrected chi connectivity index (χ2v) is 5.56. The van der Waals surface area contributed by atoms with E-state index < -0.39 is 0 Å². The molecule has 0 unspecified atom stereocenters. The van der Waals surface area contributed by atoms with Gasteiger partial charge in [0.2, 0.25) is 0 Å². The molecule has 1 aromatic heterocycles. The van der Waals surface area contributed by atoms with E-state index in [4.69, 9.17) is 17.3 Å². The Balaban J connectivity index is 2.11. The molecule has 1 fully saturated rings. The number of nitrogens with zero attached hydrogens (tertiary/aromatic N) is 2. The number of benzene rings is 1. The van der Waals surface area contributed by atoms with Gasteiger partial charge in [-0.25, -0.2) is 4.98 Å². The summed E-state index contributed by atoms with van der Waals surface area (Å²) >= 11 is 9.61. The molecule has 0 radical (unpaired) electrons. The molecule has 88 valence electrons. The molecule has 2 aromatic rings. The lowest BCUT2D eigenvalue weighted by Crippen LogP contribution is -1.99. The maximum Gasteiger partial charge on any atom is 0.131 e. The van der Waals surface area contributed by atoms with Gasteiger partial charge in [0.05, 0.1) is 11.3 Å². The summed E-state index contributed by atoms with van der Waals surface area (Å²) in [5.74, 6) is 0.701. The molecule has 1 heterocycles. The first kappa shape index (κ1) is 11.1. The lowest BCUT2D eigenvalue weighted by molar-refractivity contribution is 0.751. The molecule has 0 spiro atoms. The second-order valence-electron chi connectivity index (χ2n) is 4.24. The maximum atomic E-state index is 6.18.